The molecule has 172 valence electrons. The molecule has 0 heterocycles. The Morgan fingerprint density at radius 1 is 1.03 bits per heavy atom. The van der Waals surface area contributed by atoms with Gasteiger partial charge in [0.1, 0.15) is 17.7 Å². The monoisotopic (exact) mass is 436 g/mol. The van der Waals surface area contributed by atoms with E-state index in [1.165, 1.54) is 19.2 Å². The van der Waals surface area contributed by atoms with Crippen LogP contribution in [-0.4, -0.2) is 59.9 Å². The number of amides is 2. The molecular formula is C21H33BN2O7. The Labute approximate surface area is 183 Å². The zero-order valence-electron chi connectivity index (χ0n) is 19.0. The highest BCUT2D eigenvalue weighted by molar-refractivity contribution is 6.58. The van der Waals surface area contributed by atoms with Crippen molar-refractivity contribution < 1.29 is 33.9 Å². The van der Waals surface area contributed by atoms with Gasteiger partial charge in [0, 0.05) is 6.42 Å². The van der Waals surface area contributed by atoms with Crippen molar-refractivity contribution in [2.24, 2.45) is 5.92 Å². The highest BCUT2D eigenvalue weighted by atomic mass is 16.6. The molecule has 0 unspecified atom stereocenters. The van der Waals surface area contributed by atoms with E-state index in [9.17, 15) is 24.4 Å². The van der Waals surface area contributed by atoms with E-state index in [4.69, 9.17) is 9.47 Å². The fourth-order valence-corrected chi connectivity index (χ4v) is 2.82. The van der Waals surface area contributed by atoms with E-state index in [1.54, 1.807) is 32.9 Å². The molecule has 1 rings (SSSR count). The average molecular weight is 436 g/mol. The lowest BCUT2D eigenvalue weighted by Gasteiger charge is -2.25. The van der Waals surface area contributed by atoms with Gasteiger partial charge in [-0.05, 0) is 44.1 Å². The molecule has 0 saturated heterocycles. The second-order valence-electron chi connectivity index (χ2n) is 8.73. The number of ether oxygens (including phenoxy) is 2. The topological polar surface area (TPSA) is 134 Å². The summed E-state index contributed by atoms with van der Waals surface area (Å²) in [5.74, 6) is -1.07. The summed E-state index contributed by atoms with van der Waals surface area (Å²) in [7, 11) is -0.377. The number of nitrogens with one attached hydrogen (secondary N) is 2. The maximum Gasteiger partial charge on any atom is 0.488 e. The van der Waals surface area contributed by atoms with E-state index < -0.39 is 42.8 Å². The maximum atomic E-state index is 12.9. The molecule has 2 atom stereocenters. The fourth-order valence-electron chi connectivity index (χ4n) is 2.82. The third-order valence-electron chi connectivity index (χ3n) is 4.23. The summed E-state index contributed by atoms with van der Waals surface area (Å²) < 4.78 is 10.0. The first-order valence-electron chi connectivity index (χ1n) is 10.1. The number of carbonyl (C=O) groups is 3. The number of hydrogen-bond acceptors (Lipinski definition) is 7. The van der Waals surface area contributed by atoms with Crippen LogP contribution in [0.4, 0.5) is 4.79 Å². The molecule has 1 aromatic rings. The van der Waals surface area contributed by atoms with Gasteiger partial charge < -0.3 is 30.2 Å². The highest BCUT2D eigenvalue weighted by Gasteiger charge is 2.29. The van der Waals surface area contributed by atoms with Crippen molar-refractivity contribution in [1.82, 2.24) is 10.6 Å². The summed E-state index contributed by atoms with van der Waals surface area (Å²) in [6, 6.07) is 4.40. The summed E-state index contributed by atoms with van der Waals surface area (Å²) in [6.07, 6.45) is -0.246. The number of benzene rings is 1. The van der Waals surface area contributed by atoms with Crippen molar-refractivity contribution in [3.8, 4) is 0 Å². The van der Waals surface area contributed by atoms with Gasteiger partial charge in [-0.1, -0.05) is 38.1 Å². The van der Waals surface area contributed by atoms with E-state index in [0.717, 1.165) is 0 Å². The summed E-state index contributed by atoms with van der Waals surface area (Å²) in [5, 5.41) is 23.6. The van der Waals surface area contributed by atoms with Gasteiger partial charge in [-0.15, -0.1) is 0 Å². The molecule has 4 N–H and O–H groups in total. The quantitative estimate of drug-likeness (QED) is 0.327. The Balaban J connectivity index is 2.94. The summed E-state index contributed by atoms with van der Waals surface area (Å²) in [6.45, 7) is 8.98. The van der Waals surface area contributed by atoms with E-state index in [1.807, 2.05) is 13.8 Å². The molecular weight excluding hydrogens is 403 g/mol. The van der Waals surface area contributed by atoms with Gasteiger partial charge >= 0.3 is 19.2 Å². The predicted molar refractivity (Wildman–Crippen MR) is 117 cm³/mol. The Bertz CT molecular complexity index is 745. The van der Waals surface area contributed by atoms with Crippen molar-refractivity contribution in [2.45, 2.75) is 65.1 Å². The standard InChI is InChI=1S/C21H33BN2O7/c1-13(2)11-16(24-20(27)31-21(3,4)5)18(25)23-17(19(26)30-6)12-14-7-9-15(10-8-14)22(28)29/h7-10,13,16-17,28-29H,11-12H2,1-6H3,(H,23,25)(H,24,27)/t16-,17-/m0/s1. The second-order valence-corrected chi connectivity index (χ2v) is 8.73. The summed E-state index contributed by atoms with van der Waals surface area (Å²) in [4.78, 5) is 37.3. The highest BCUT2D eigenvalue weighted by Crippen LogP contribution is 2.11. The van der Waals surface area contributed by atoms with E-state index in [-0.39, 0.29) is 12.3 Å². The van der Waals surface area contributed by atoms with Gasteiger partial charge in [0.25, 0.3) is 0 Å². The van der Waals surface area contributed by atoms with Crippen molar-refractivity contribution >= 4 is 30.6 Å². The van der Waals surface area contributed by atoms with Gasteiger partial charge in [-0.25, -0.2) is 9.59 Å². The lowest BCUT2D eigenvalue weighted by molar-refractivity contribution is -0.145. The zero-order valence-corrected chi connectivity index (χ0v) is 19.0. The van der Waals surface area contributed by atoms with Crippen LogP contribution < -0.4 is 16.1 Å². The molecule has 0 bridgehead atoms. The van der Waals surface area contributed by atoms with Gasteiger partial charge in [-0.3, -0.25) is 4.79 Å². The van der Waals surface area contributed by atoms with Gasteiger partial charge in [0.05, 0.1) is 7.11 Å². The first-order valence-corrected chi connectivity index (χ1v) is 10.1. The zero-order chi connectivity index (χ0) is 23.8. The van der Waals surface area contributed by atoms with Crippen molar-refractivity contribution in [3.63, 3.8) is 0 Å². The smallest absolute Gasteiger partial charge is 0.467 e. The van der Waals surface area contributed by atoms with Crippen LogP contribution in [-0.2, 0) is 25.5 Å². The van der Waals surface area contributed by atoms with Crippen LogP contribution in [0.3, 0.4) is 0 Å². The normalized spacial score (nSPS) is 13.2. The Hall–Kier alpha value is -2.59. The van der Waals surface area contributed by atoms with E-state index in [0.29, 0.717) is 17.4 Å². The Kier molecular flexibility index (Phi) is 9.99. The summed E-state index contributed by atoms with van der Waals surface area (Å²) >= 11 is 0. The van der Waals surface area contributed by atoms with Crippen molar-refractivity contribution in [1.29, 1.82) is 0 Å². The largest absolute Gasteiger partial charge is 0.488 e. The van der Waals surface area contributed by atoms with E-state index in [2.05, 4.69) is 10.6 Å². The van der Waals surface area contributed by atoms with Crippen LogP contribution in [0.1, 0.15) is 46.6 Å². The fraction of sp³-hybridized carbons (Fsp3) is 0.571. The SMILES string of the molecule is COC(=O)[C@H](Cc1ccc(B(O)O)cc1)NC(=O)[C@H](CC(C)C)NC(=O)OC(C)(C)C. The molecule has 31 heavy (non-hydrogen) atoms. The van der Waals surface area contributed by atoms with Crippen LogP contribution in [0, 0.1) is 5.92 Å². The molecule has 9 nitrogen and oxygen atoms in total. The number of alkyl carbamates (subject to hydrolysis) is 1. The van der Waals surface area contributed by atoms with Gasteiger partial charge in [0.2, 0.25) is 5.91 Å². The number of carbonyl (C=O) groups excluding carboxylic acids is 3. The number of esters is 1. The molecule has 0 aliphatic carbocycles. The second kappa shape index (κ2) is 11.7. The average Bonchev–Trinajstić information content (AvgIpc) is 2.64. The summed E-state index contributed by atoms with van der Waals surface area (Å²) in [5.41, 5.74) is 0.271. The lowest BCUT2D eigenvalue weighted by Crippen LogP contribution is -2.53. The van der Waals surface area contributed by atoms with Crippen LogP contribution >= 0.6 is 0 Å². The number of methoxy groups -OCH3 is 1. The first kappa shape index (κ1) is 26.5. The molecule has 10 heteroatoms. The Morgan fingerprint density at radius 2 is 1.61 bits per heavy atom. The molecule has 2 amide bonds. The van der Waals surface area contributed by atoms with E-state index >= 15 is 0 Å². The van der Waals surface area contributed by atoms with Crippen LogP contribution in [0.15, 0.2) is 24.3 Å². The van der Waals surface area contributed by atoms with Gasteiger partial charge in [0.15, 0.2) is 0 Å². The molecule has 0 fully saturated rings. The molecule has 0 aromatic heterocycles. The molecule has 0 aliphatic rings. The lowest BCUT2D eigenvalue weighted by atomic mass is 9.80. The van der Waals surface area contributed by atoms with Crippen LogP contribution in [0.25, 0.3) is 0 Å². The maximum absolute atomic E-state index is 12.9. The molecule has 0 radical (unpaired) electrons. The molecule has 0 aliphatic heterocycles. The van der Waals surface area contributed by atoms with Crippen molar-refractivity contribution in [2.75, 3.05) is 7.11 Å². The van der Waals surface area contributed by atoms with Crippen LogP contribution in [0.2, 0.25) is 0 Å². The van der Waals surface area contributed by atoms with Gasteiger partial charge in [-0.2, -0.15) is 0 Å². The number of rotatable bonds is 9. The predicted octanol–water partition coefficient (Wildman–Crippen LogP) is 0.506. The Morgan fingerprint density at radius 3 is 2.06 bits per heavy atom. The van der Waals surface area contributed by atoms with Crippen molar-refractivity contribution in [3.05, 3.63) is 29.8 Å². The first-order chi connectivity index (χ1) is 14.3. The molecule has 0 spiro atoms. The number of hydrogen-bond donors (Lipinski definition) is 4. The minimum Gasteiger partial charge on any atom is -0.467 e. The molecule has 1 aromatic carbocycles. The molecule has 0 saturated carbocycles. The van der Waals surface area contributed by atoms with Crippen LogP contribution in [0.5, 0.6) is 0 Å². The minimum absolute atomic E-state index is 0.0970. The minimum atomic E-state index is -1.60. The third-order valence-corrected chi connectivity index (χ3v) is 4.23. The third kappa shape index (κ3) is 9.84.